The summed E-state index contributed by atoms with van der Waals surface area (Å²) in [5, 5.41) is 0. The quantitative estimate of drug-likeness (QED) is 0.693. The number of nitrogens with zero attached hydrogens (tertiary/aromatic N) is 1. The van der Waals surface area contributed by atoms with Crippen molar-refractivity contribution in [2.45, 2.75) is 33.1 Å². The fraction of sp³-hybridized carbons (Fsp3) is 0.368. The third-order valence-electron chi connectivity index (χ3n) is 3.66. The molecular formula is C19H25N. The van der Waals surface area contributed by atoms with Gasteiger partial charge >= 0.3 is 0 Å². The average molecular weight is 267 g/mol. The molecule has 1 nitrogen and oxygen atoms in total. The summed E-state index contributed by atoms with van der Waals surface area (Å²) in [6.45, 7) is 6.66. The molecule has 0 spiro atoms. The van der Waals surface area contributed by atoms with Crippen LogP contribution >= 0.6 is 0 Å². The van der Waals surface area contributed by atoms with Gasteiger partial charge in [0.05, 0.1) is 0 Å². The molecule has 2 aromatic carbocycles. The Kier molecular flexibility index (Phi) is 5.67. The standard InChI is InChI=1S/C19H25N/c1-3-4-14-20(19-12-8-9-17(2)16-19)15-13-18-10-6-5-7-11-18/h5-12,16H,3-4,13-15H2,1-2H3. The largest absolute Gasteiger partial charge is 0.371 e. The zero-order valence-corrected chi connectivity index (χ0v) is 12.7. The minimum Gasteiger partial charge on any atom is -0.371 e. The first-order valence-corrected chi connectivity index (χ1v) is 7.65. The van der Waals surface area contributed by atoms with Crippen LogP contribution in [0.3, 0.4) is 0 Å². The fourth-order valence-corrected chi connectivity index (χ4v) is 2.45. The van der Waals surface area contributed by atoms with Gasteiger partial charge < -0.3 is 4.90 Å². The van der Waals surface area contributed by atoms with E-state index in [1.54, 1.807) is 0 Å². The Bertz CT molecular complexity index is 504. The molecule has 0 aliphatic carbocycles. The highest BCUT2D eigenvalue weighted by Crippen LogP contribution is 2.17. The molecule has 0 radical (unpaired) electrons. The Morgan fingerprint density at radius 2 is 1.70 bits per heavy atom. The minimum atomic E-state index is 1.09. The zero-order valence-electron chi connectivity index (χ0n) is 12.7. The van der Waals surface area contributed by atoms with Gasteiger partial charge in [-0.3, -0.25) is 0 Å². The molecule has 1 heteroatoms. The highest BCUT2D eigenvalue weighted by atomic mass is 15.1. The molecule has 20 heavy (non-hydrogen) atoms. The highest BCUT2D eigenvalue weighted by Gasteiger charge is 2.06. The number of hydrogen-bond donors (Lipinski definition) is 0. The van der Waals surface area contributed by atoms with Gasteiger partial charge in [-0.2, -0.15) is 0 Å². The van der Waals surface area contributed by atoms with E-state index in [4.69, 9.17) is 0 Å². The number of hydrogen-bond acceptors (Lipinski definition) is 1. The van der Waals surface area contributed by atoms with E-state index in [9.17, 15) is 0 Å². The SMILES string of the molecule is CCCCN(CCc1ccccc1)c1cccc(C)c1. The first-order valence-electron chi connectivity index (χ1n) is 7.65. The van der Waals surface area contributed by atoms with Crippen LogP contribution in [0.4, 0.5) is 5.69 Å². The average Bonchev–Trinajstić information content (AvgIpc) is 2.48. The van der Waals surface area contributed by atoms with Crippen molar-refractivity contribution in [3.05, 3.63) is 65.7 Å². The molecule has 0 amide bonds. The molecule has 106 valence electrons. The summed E-state index contributed by atoms with van der Waals surface area (Å²) in [6.07, 6.45) is 3.61. The summed E-state index contributed by atoms with van der Waals surface area (Å²) >= 11 is 0. The number of anilines is 1. The third kappa shape index (κ3) is 4.41. The maximum absolute atomic E-state index is 2.52. The fourth-order valence-electron chi connectivity index (χ4n) is 2.45. The Balaban J connectivity index is 2.03. The summed E-state index contributed by atoms with van der Waals surface area (Å²) in [6, 6.07) is 19.6. The van der Waals surface area contributed by atoms with Gasteiger partial charge in [-0.15, -0.1) is 0 Å². The number of benzene rings is 2. The molecule has 0 aliphatic heterocycles. The van der Waals surface area contributed by atoms with Crippen molar-refractivity contribution in [2.75, 3.05) is 18.0 Å². The lowest BCUT2D eigenvalue weighted by molar-refractivity contribution is 0.711. The van der Waals surface area contributed by atoms with Gasteiger partial charge in [0.2, 0.25) is 0 Å². The molecule has 0 aromatic heterocycles. The summed E-state index contributed by atoms with van der Waals surface area (Å²) in [4.78, 5) is 2.52. The van der Waals surface area contributed by atoms with Crippen molar-refractivity contribution in [3.63, 3.8) is 0 Å². The van der Waals surface area contributed by atoms with Crippen LogP contribution in [0.15, 0.2) is 54.6 Å². The molecule has 0 saturated heterocycles. The Labute approximate surface area is 123 Å². The second-order valence-electron chi connectivity index (χ2n) is 5.42. The normalized spacial score (nSPS) is 10.5. The predicted octanol–water partition coefficient (Wildman–Crippen LogP) is 4.84. The van der Waals surface area contributed by atoms with Crippen LogP contribution in [0.1, 0.15) is 30.9 Å². The van der Waals surface area contributed by atoms with Gasteiger partial charge in [0, 0.05) is 18.8 Å². The van der Waals surface area contributed by atoms with Crippen LogP contribution in [0, 0.1) is 6.92 Å². The Morgan fingerprint density at radius 1 is 0.900 bits per heavy atom. The van der Waals surface area contributed by atoms with Crippen molar-refractivity contribution in [1.82, 2.24) is 0 Å². The lowest BCUT2D eigenvalue weighted by Crippen LogP contribution is -2.27. The van der Waals surface area contributed by atoms with Crippen LogP contribution in [-0.2, 0) is 6.42 Å². The van der Waals surface area contributed by atoms with E-state index in [0.29, 0.717) is 0 Å². The van der Waals surface area contributed by atoms with Crippen molar-refractivity contribution in [3.8, 4) is 0 Å². The maximum atomic E-state index is 2.52. The van der Waals surface area contributed by atoms with Crippen molar-refractivity contribution < 1.29 is 0 Å². The molecule has 0 heterocycles. The summed E-state index contributed by atoms with van der Waals surface area (Å²) < 4.78 is 0. The Morgan fingerprint density at radius 3 is 2.40 bits per heavy atom. The van der Waals surface area contributed by atoms with E-state index >= 15 is 0 Å². The van der Waals surface area contributed by atoms with E-state index in [1.807, 2.05) is 0 Å². The Hall–Kier alpha value is -1.76. The molecule has 0 atom stereocenters. The molecule has 0 N–H and O–H groups in total. The second-order valence-corrected chi connectivity index (χ2v) is 5.42. The third-order valence-corrected chi connectivity index (χ3v) is 3.66. The molecule has 0 fully saturated rings. The zero-order chi connectivity index (χ0) is 14.2. The minimum absolute atomic E-state index is 1.09. The molecule has 0 unspecified atom stereocenters. The van der Waals surface area contributed by atoms with Crippen LogP contribution in [0.25, 0.3) is 0 Å². The van der Waals surface area contributed by atoms with E-state index in [-0.39, 0.29) is 0 Å². The monoisotopic (exact) mass is 267 g/mol. The van der Waals surface area contributed by atoms with Gasteiger partial charge in [0.15, 0.2) is 0 Å². The van der Waals surface area contributed by atoms with Crippen LogP contribution < -0.4 is 4.90 Å². The van der Waals surface area contributed by atoms with Crippen LogP contribution in [-0.4, -0.2) is 13.1 Å². The first kappa shape index (κ1) is 14.6. The van der Waals surface area contributed by atoms with Crippen molar-refractivity contribution in [1.29, 1.82) is 0 Å². The van der Waals surface area contributed by atoms with Gasteiger partial charge in [0.1, 0.15) is 0 Å². The number of rotatable bonds is 7. The van der Waals surface area contributed by atoms with Gasteiger partial charge in [0.25, 0.3) is 0 Å². The lowest BCUT2D eigenvalue weighted by atomic mass is 10.1. The number of unbranched alkanes of at least 4 members (excludes halogenated alkanes) is 1. The predicted molar refractivity (Wildman–Crippen MR) is 88.4 cm³/mol. The van der Waals surface area contributed by atoms with Crippen molar-refractivity contribution in [2.24, 2.45) is 0 Å². The summed E-state index contributed by atoms with van der Waals surface area (Å²) in [5.74, 6) is 0. The van der Waals surface area contributed by atoms with Crippen molar-refractivity contribution >= 4 is 5.69 Å². The van der Waals surface area contributed by atoms with Gasteiger partial charge in [-0.1, -0.05) is 55.8 Å². The topological polar surface area (TPSA) is 3.24 Å². The van der Waals surface area contributed by atoms with E-state index in [0.717, 1.165) is 19.5 Å². The van der Waals surface area contributed by atoms with Gasteiger partial charge in [-0.05, 0) is 43.0 Å². The maximum Gasteiger partial charge on any atom is 0.0368 e. The van der Waals surface area contributed by atoms with Crippen LogP contribution in [0.2, 0.25) is 0 Å². The first-order chi connectivity index (χ1) is 9.79. The van der Waals surface area contributed by atoms with E-state index in [2.05, 4.69) is 73.3 Å². The molecule has 2 aromatic rings. The van der Waals surface area contributed by atoms with E-state index in [1.165, 1.54) is 29.7 Å². The highest BCUT2D eigenvalue weighted by molar-refractivity contribution is 5.48. The summed E-state index contributed by atoms with van der Waals surface area (Å²) in [5.41, 5.74) is 4.11. The molecule has 0 saturated carbocycles. The van der Waals surface area contributed by atoms with Gasteiger partial charge in [-0.25, -0.2) is 0 Å². The number of aryl methyl sites for hydroxylation is 1. The molecule has 0 aliphatic rings. The smallest absolute Gasteiger partial charge is 0.0368 e. The molecule has 0 bridgehead atoms. The van der Waals surface area contributed by atoms with Crippen LogP contribution in [0.5, 0.6) is 0 Å². The lowest BCUT2D eigenvalue weighted by Gasteiger charge is -2.25. The van der Waals surface area contributed by atoms with E-state index < -0.39 is 0 Å². The molecule has 2 rings (SSSR count). The molecular weight excluding hydrogens is 242 g/mol. The second kappa shape index (κ2) is 7.74. The summed E-state index contributed by atoms with van der Waals surface area (Å²) in [7, 11) is 0.